The summed E-state index contributed by atoms with van der Waals surface area (Å²) in [5, 5.41) is 17.2. The second-order valence-corrected chi connectivity index (χ2v) is 3.74. The monoisotopic (exact) mass is 256 g/mol. The highest BCUT2D eigenvalue weighted by atomic mass is 16.5. The number of hydrogen-bond donors (Lipinski definition) is 2. The van der Waals surface area contributed by atoms with Crippen LogP contribution in [0, 0.1) is 0 Å². The zero-order chi connectivity index (χ0) is 13.4. The van der Waals surface area contributed by atoms with Crippen molar-refractivity contribution >= 4 is 11.9 Å². The number of aliphatic hydroxyl groups excluding tert-OH is 1. The van der Waals surface area contributed by atoms with Gasteiger partial charge in [0.05, 0.1) is 6.61 Å². The summed E-state index contributed by atoms with van der Waals surface area (Å²) >= 11 is 0. The Morgan fingerprint density at radius 2 is 1.78 bits per heavy atom. The molecule has 6 nitrogen and oxygen atoms in total. The quantitative estimate of drug-likeness (QED) is 0.542. The van der Waals surface area contributed by atoms with Gasteiger partial charge in [-0.1, -0.05) is 6.42 Å². The summed E-state index contributed by atoms with van der Waals surface area (Å²) in [6.07, 6.45) is 3.21. The van der Waals surface area contributed by atoms with Crippen molar-refractivity contribution < 1.29 is 29.0 Å². The highest BCUT2D eigenvalue weighted by Crippen LogP contribution is 2.09. The molecule has 0 saturated carbocycles. The van der Waals surface area contributed by atoms with Crippen molar-refractivity contribution in [3.8, 4) is 0 Å². The van der Waals surface area contributed by atoms with Crippen LogP contribution in [0.2, 0.25) is 0 Å². The number of aromatic carboxylic acids is 1. The lowest BCUT2D eigenvalue weighted by Crippen LogP contribution is -2.05. The minimum atomic E-state index is -1.22. The summed E-state index contributed by atoms with van der Waals surface area (Å²) in [5.74, 6) is -2.28. The Hall–Kier alpha value is -1.82. The normalized spacial score (nSPS) is 10.3. The molecule has 1 rings (SSSR count). The van der Waals surface area contributed by atoms with Crippen LogP contribution in [0.1, 0.15) is 46.8 Å². The molecule has 6 heteroatoms. The van der Waals surface area contributed by atoms with Gasteiger partial charge in [0.1, 0.15) is 0 Å². The summed E-state index contributed by atoms with van der Waals surface area (Å²) in [7, 11) is 0. The van der Waals surface area contributed by atoms with Crippen molar-refractivity contribution in [3.63, 3.8) is 0 Å². The van der Waals surface area contributed by atoms with E-state index in [1.807, 2.05) is 0 Å². The van der Waals surface area contributed by atoms with Gasteiger partial charge in [0.2, 0.25) is 11.5 Å². The summed E-state index contributed by atoms with van der Waals surface area (Å²) in [6.45, 7) is 0.428. The summed E-state index contributed by atoms with van der Waals surface area (Å²) in [6, 6.07) is 2.48. The maximum absolute atomic E-state index is 11.4. The molecule has 100 valence electrons. The van der Waals surface area contributed by atoms with Crippen molar-refractivity contribution in [3.05, 3.63) is 23.7 Å². The van der Waals surface area contributed by atoms with Crippen LogP contribution in [-0.2, 0) is 4.74 Å². The summed E-state index contributed by atoms with van der Waals surface area (Å²) < 4.78 is 9.71. The first-order valence-electron chi connectivity index (χ1n) is 5.76. The van der Waals surface area contributed by atoms with E-state index in [2.05, 4.69) is 0 Å². The molecule has 0 aliphatic heterocycles. The molecule has 0 spiro atoms. The molecule has 0 saturated heterocycles. The Morgan fingerprint density at radius 1 is 1.11 bits per heavy atom. The fourth-order valence-electron chi connectivity index (χ4n) is 1.37. The molecular weight excluding hydrogens is 240 g/mol. The van der Waals surface area contributed by atoms with E-state index < -0.39 is 11.9 Å². The number of carboxylic acid groups (broad SMARTS) is 1. The molecule has 0 atom stereocenters. The number of carboxylic acids is 1. The molecule has 1 aromatic rings. The van der Waals surface area contributed by atoms with E-state index in [0.717, 1.165) is 19.3 Å². The van der Waals surface area contributed by atoms with Gasteiger partial charge in [-0.3, -0.25) is 0 Å². The SMILES string of the molecule is O=C(O)c1ccc(C(=O)OCCCCCCO)o1. The van der Waals surface area contributed by atoms with Crippen LogP contribution >= 0.6 is 0 Å². The van der Waals surface area contributed by atoms with Crippen LogP contribution in [0.5, 0.6) is 0 Å². The highest BCUT2D eigenvalue weighted by Gasteiger charge is 2.15. The zero-order valence-corrected chi connectivity index (χ0v) is 9.92. The smallest absolute Gasteiger partial charge is 0.374 e. The van der Waals surface area contributed by atoms with Gasteiger partial charge in [-0.05, 0) is 31.4 Å². The van der Waals surface area contributed by atoms with Gasteiger partial charge >= 0.3 is 11.9 Å². The number of unbranched alkanes of at least 4 members (excludes halogenated alkanes) is 3. The average molecular weight is 256 g/mol. The van der Waals surface area contributed by atoms with Crippen LogP contribution in [0.15, 0.2) is 16.5 Å². The predicted octanol–water partition coefficient (Wildman–Crippen LogP) is 1.69. The van der Waals surface area contributed by atoms with Crippen molar-refractivity contribution in [2.75, 3.05) is 13.2 Å². The van der Waals surface area contributed by atoms with E-state index in [1.54, 1.807) is 0 Å². The van der Waals surface area contributed by atoms with E-state index in [4.69, 9.17) is 19.4 Å². The van der Waals surface area contributed by atoms with Gasteiger partial charge in [-0.25, -0.2) is 9.59 Å². The fraction of sp³-hybridized carbons (Fsp3) is 0.500. The van der Waals surface area contributed by atoms with E-state index in [1.165, 1.54) is 12.1 Å². The van der Waals surface area contributed by atoms with Crippen LogP contribution < -0.4 is 0 Å². The summed E-state index contributed by atoms with van der Waals surface area (Å²) in [4.78, 5) is 22.0. The van der Waals surface area contributed by atoms with Crippen LogP contribution in [0.4, 0.5) is 0 Å². The molecule has 0 amide bonds. The number of carbonyl (C=O) groups excluding carboxylic acids is 1. The number of hydrogen-bond acceptors (Lipinski definition) is 5. The predicted molar refractivity (Wildman–Crippen MR) is 61.5 cm³/mol. The maximum Gasteiger partial charge on any atom is 0.374 e. The van der Waals surface area contributed by atoms with E-state index >= 15 is 0 Å². The molecule has 0 bridgehead atoms. The zero-order valence-electron chi connectivity index (χ0n) is 9.92. The maximum atomic E-state index is 11.4. The second kappa shape index (κ2) is 7.50. The number of furan rings is 1. The molecule has 1 aromatic heterocycles. The third-order valence-electron chi connectivity index (χ3n) is 2.30. The van der Waals surface area contributed by atoms with Crippen molar-refractivity contribution in [1.82, 2.24) is 0 Å². The lowest BCUT2D eigenvalue weighted by Gasteiger charge is -2.02. The third kappa shape index (κ3) is 4.58. The molecule has 0 aromatic carbocycles. The first-order chi connectivity index (χ1) is 8.65. The van der Waals surface area contributed by atoms with Crippen molar-refractivity contribution in [2.45, 2.75) is 25.7 Å². The largest absolute Gasteiger partial charge is 0.475 e. The molecular formula is C12H16O6. The highest BCUT2D eigenvalue weighted by molar-refractivity contribution is 5.89. The lowest BCUT2D eigenvalue weighted by atomic mass is 10.2. The molecule has 2 N–H and O–H groups in total. The molecule has 0 fully saturated rings. The third-order valence-corrected chi connectivity index (χ3v) is 2.30. The van der Waals surface area contributed by atoms with Gasteiger partial charge in [0.25, 0.3) is 0 Å². The van der Waals surface area contributed by atoms with E-state index in [0.29, 0.717) is 6.42 Å². The van der Waals surface area contributed by atoms with E-state index in [-0.39, 0.29) is 24.7 Å². The average Bonchev–Trinajstić information content (AvgIpc) is 2.83. The molecule has 0 unspecified atom stereocenters. The minimum Gasteiger partial charge on any atom is -0.475 e. The number of aliphatic hydroxyl groups is 1. The van der Waals surface area contributed by atoms with Crippen LogP contribution in [0.3, 0.4) is 0 Å². The molecule has 0 aliphatic carbocycles. The second-order valence-electron chi connectivity index (χ2n) is 3.74. The molecule has 0 aliphatic rings. The molecule has 0 radical (unpaired) electrons. The lowest BCUT2D eigenvalue weighted by molar-refractivity contribution is 0.0456. The van der Waals surface area contributed by atoms with Crippen molar-refractivity contribution in [1.29, 1.82) is 0 Å². The number of rotatable bonds is 8. The van der Waals surface area contributed by atoms with Crippen LogP contribution in [0.25, 0.3) is 0 Å². The summed E-state index contributed by atoms with van der Waals surface area (Å²) in [5.41, 5.74) is 0. The Morgan fingerprint density at radius 3 is 2.39 bits per heavy atom. The Balaban J connectivity index is 2.25. The van der Waals surface area contributed by atoms with Gasteiger partial charge < -0.3 is 19.4 Å². The number of esters is 1. The first-order valence-corrected chi connectivity index (χ1v) is 5.76. The molecule has 18 heavy (non-hydrogen) atoms. The standard InChI is InChI=1S/C12H16O6/c13-7-3-1-2-4-8-17-12(16)10-6-5-9(18-10)11(14)15/h5-6,13H,1-4,7-8H2,(H,14,15). The fourth-order valence-corrected chi connectivity index (χ4v) is 1.37. The van der Waals surface area contributed by atoms with Crippen molar-refractivity contribution in [2.24, 2.45) is 0 Å². The number of carbonyl (C=O) groups is 2. The van der Waals surface area contributed by atoms with Gasteiger partial charge in [-0.15, -0.1) is 0 Å². The Kier molecular flexibility index (Phi) is 5.93. The minimum absolute atomic E-state index is 0.109. The Bertz CT molecular complexity index is 395. The van der Waals surface area contributed by atoms with E-state index in [9.17, 15) is 9.59 Å². The first kappa shape index (κ1) is 14.2. The van der Waals surface area contributed by atoms with Gasteiger partial charge in [-0.2, -0.15) is 0 Å². The topological polar surface area (TPSA) is 97.0 Å². The van der Waals surface area contributed by atoms with Gasteiger partial charge in [0, 0.05) is 6.61 Å². The van der Waals surface area contributed by atoms with Crippen LogP contribution in [-0.4, -0.2) is 35.4 Å². The molecule has 1 heterocycles. The Labute approximate surface area is 104 Å². The number of ether oxygens (including phenoxy) is 1. The van der Waals surface area contributed by atoms with Gasteiger partial charge in [0.15, 0.2) is 0 Å².